The van der Waals surface area contributed by atoms with Crippen LogP contribution in [0.3, 0.4) is 0 Å². The van der Waals surface area contributed by atoms with Crippen LogP contribution in [0.2, 0.25) is 0 Å². The van der Waals surface area contributed by atoms with Crippen molar-refractivity contribution in [3.8, 4) is 11.5 Å². The third-order valence-electron chi connectivity index (χ3n) is 5.20. The molecule has 3 aromatic carbocycles. The highest BCUT2D eigenvalue weighted by Crippen LogP contribution is 2.29. The Morgan fingerprint density at radius 3 is 2.59 bits per heavy atom. The summed E-state index contributed by atoms with van der Waals surface area (Å²) in [6.45, 7) is 0.173. The van der Waals surface area contributed by atoms with Crippen LogP contribution < -0.4 is 14.8 Å². The van der Waals surface area contributed by atoms with Crippen LogP contribution in [-0.4, -0.2) is 35.9 Å². The van der Waals surface area contributed by atoms with Crippen molar-refractivity contribution in [3.63, 3.8) is 0 Å². The number of hydrogen-bond acceptors (Lipinski definition) is 5. The van der Waals surface area contributed by atoms with Crippen molar-refractivity contribution >= 4 is 34.4 Å². The molecule has 1 amide bonds. The van der Waals surface area contributed by atoms with Gasteiger partial charge in [-0.3, -0.25) is 4.79 Å². The minimum Gasteiger partial charge on any atom is -0.493 e. The average Bonchev–Trinajstić information content (AvgIpc) is 3.15. The molecule has 0 saturated carbocycles. The lowest BCUT2D eigenvalue weighted by Gasteiger charge is -2.12. The maximum absolute atomic E-state index is 12.9. The zero-order chi connectivity index (χ0) is 22.5. The lowest BCUT2D eigenvalue weighted by atomic mass is 10.1. The van der Waals surface area contributed by atoms with E-state index in [0.29, 0.717) is 17.9 Å². The SMILES string of the molecule is COc1ccc(Cc2nc3ccccc3n2CC(=O)Nc2cccc(SC)c2)cc1OC. The second kappa shape index (κ2) is 9.78. The molecule has 1 aromatic heterocycles. The largest absolute Gasteiger partial charge is 0.493 e. The number of para-hydroxylation sites is 2. The Bertz CT molecular complexity index is 1250. The Hall–Kier alpha value is -3.45. The van der Waals surface area contributed by atoms with Gasteiger partial charge >= 0.3 is 0 Å². The first-order chi connectivity index (χ1) is 15.6. The van der Waals surface area contributed by atoms with E-state index >= 15 is 0 Å². The number of carbonyl (C=O) groups is 1. The van der Waals surface area contributed by atoms with E-state index in [2.05, 4.69) is 5.32 Å². The van der Waals surface area contributed by atoms with Crippen molar-refractivity contribution in [2.45, 2.75) is 17.9 Å². The van der Waals surface area contributed by atoms with E-state index in [1.807, 2.05) is 77.6 Å². The van der Waals surface area contributed by atoms with Gasteiger partial charge in [0.05, 0.1) is 25.3 Å². The second-order valence-corrected chi connectivity index (χ2v) is 8.13. The molecule has 0 bridgehead atoms. The number of thioether (sulfide) groups is 1. The first kappa shape index (κ1) is 21.8. The molecule has 0 radical (unpaired) electrons. The van der Waals surface area contributed by atoms with Gasteiger partial charge in [-0.2, -0.15) is 0 Å². The number of aromatic nitrogens is 2. The molecule has 4 rings (SSSR count). The van der Waals surface area contributed by atoms with Gasteiger partial charge in [0.15, 0.2) is 11.5 Å². The lowest BCUT2D eigenvalue weighted by Crippen LogP contribution is -2.20. The molecule has 0 aliphatic rings. The fourth-order valence-electron chi connectivity index (χ4n) is 3.65. The van der Waals surface area contributed by atoms with Gasteiger partial charge in [0, 0.05) is 17.0 Å². The van der Waals surface area contributed by atoms with Crippen LogP contribution in [0.5, 0.6) is 11.5 Å². The molecule has 0 spiro atoms. The Kier molecular flexibility index (Phi) is 6.66. The van der Waals surface area contributed by atoms with Crippen LogP contribution >= 0.6 is 11.8 Å². The van der Waals surface area contributed by atoms with Crippen LogP contribution in [0, 0.1) is 0 Å². The number of fused-ring (bicyclic) bond motifs is 1. The Balaban J connectivity index is 1.62. The summed E-state index contributed by atoms with van der Waals surface area (Å²) in [6, 6.07) is 21.5. The third-order valence-corrected chi connectivity index (χ3v) is 5.92. The maximum Gasteiger partial charge on any atom is 0.244 e. The highest BCUT2D eigenvalue weighted by molar-refractivity contribution is 7.98. The van der Waals surface area contributed by atoms with Crippen molar-refractivity contribution < 1.29 is 14.3 Å². The van der Waals surface area contributed by atoms with Crippen LogP contribution in [0.1, 0.15) is 11.4 Å². The molecule has 1 heterocycles. The molecule has 6 nitrogen and oxygen atoms in total. The maximum atomic E-state index is 12.9. The van der Waals surface area contributed by atoms with Gasteiger partial charge in [-0.25, -0.2) is 4.98 Å². The van der Waals surface area contributed by atoms with Crippen LogP contribution in [0.4, 0.5) is 5.69 Å². The Labute approximate surface area is 191 Å². The van der Waals surface area contributed by atoms with Crippen LogP contribution in [0.15, 0.2) is 71.6 Å². The summed E-state index contributed by atoms with van der Waals surface area (Å²) in [5.41, 5.74) is 3.59. The predicted molar refractivity (Wildman–Crippen MR) is 129 cm³/mol. The number of ether oxygens (including phenoxy) is 2. The molecule has 0 saturated heterocycles. The van der Waals surface area contributed by atoms with Crippen molar-refractivity contribution in [2.75, 3.05) is 25.8 Å². The van der Waals surface area contributed by atoms with Gasteiger partial charge in [0.1, 0.15) is 12.4 Å². The molecule has 0 unspecified atom stereocenters. The van der Waals surface area contributed by atoms with Gasteiger partial charge < -0.3 is 19.4 Å². The van der Waals surface area contributed by atoms with E-state index < -0.39 is 0 Å². The number of hydrogen-bond donors (Lipinski definition) is 1. The smallest absolute Gasteiger partial charge is 0.244 e. The number of anilines is 1. The number of carbonyl (C=O) groups excluding carboxylic acids is 1. The quantitative estimate of drug-likeness (QED) is 0.385. The highest BCUT2D eigenvalue weighted by Gasteiger charge is 2.15. The summed E-state index contributed by atoms with van der Waals surface area (Å²) < 4.78 is 12.7. The van der Waals surface area contributed by atoms with Crippen molar-refractivity contribution in [1.82, 2.24) is 9.55 Å². The molecule has 32 heavy (non-hydrogen) atoms. The lowest BCUT2D eigenvalue weighted by molar-refractivity contribution is -0.116. The van der Waals surface area contributed by atoms with E-state index in [-0.39, 0.29) is 12.5 Å². The minimum atomic E-state index is -0.0973. The Morgan fingerprint density at radius 2 is 1.81 bits per heavy atom. The monoisotopic (exact) mass is 447 g/mol. The normalized spacial score (nSPS) is 10.8. The summed E-state index contributed by atoms with van der Waals surface area (Å²) in [5, 5.41) is 3.01. The summed E-state index contributed by atoms with van der Waals surface area (Å²) in [4.78, 5) is 18.8. The molecule has 4 aromatic rings. The first-order valence-electron chi connectivity index (χ1n) is 10.2. The van der Waals surface area contributed by atoms with E-state index in [9.17, 15) is 4.79 Å². The zero-order valence-corrected chi connectivity index (χ0v) is 19.1. The molecule has 1 N–H and O–H groups in total. The molecular weight excluding hydrogens is 422 g/mol. The van der Waals surface area contributed by atoms with E-state index in [1.165, 1.54) is 0 Å². The van der Waals surface area contributed by atoms with E-state index in [4.69, 9.17) is 14.5 Å². The standard InChI is InChI=1S/C25H25N3O3S/c1-30-22-12-11-17(13-23(22)31-2)14-24-27-20-9-4-5-10-21(20)28(24)16-25(29)26-18-7-6-8-19(15-18)32-3/h4-13,15H,14,16H2,1-3H3,(H,26,29). The summed E-state index contributed by atoms with van der Waals surface area (Å²) >= 11 is 1.64. The van der Waals surface area contributed by atoms with Crippen molar-refractivity contribution in [3.05, 3.63) is 78.1 Å². The zero-order valence-electron chi connectivity index (χ0n) is 18.3. The van der Waals surface area contributed by atoms with Gasteiger partial charge in [0.25, 0.3) is 0 Å². The predicted octanol–water partition coefficient (Wildman–Crippen LogP) is 5.00. The molecule has 0 aliphatic carbocycles. The van der Waals surface area contributed by atoms with Crippen LogP contribution in [0.25, 0.3) is 11.0 Å². The van der Waals surface area contributed by atoms with Crippen molar-refractivity contribution in [2.24, 2.45) is 0 Å². The third kappa shape index (κ3) is 4.73. The molecular formula is C25H25N3O3S. The summed E-state index contributed by atoms with van der Waals surface area (Å²) in [5.74, 6) is 2.06. The van der Waals surface area contributed by atoms with Gasteiger partial charge in [-0.05, 0) is 54.3 Å². The van der Waals surface area contributed by atoms with Gasteiger partial charge in [-0.1, -0.05) is 24.3 Å². The van der Waals surface area contributed by atoms with Crippen molar-refractivity contribution in [1.29, 1.82) is 0 Å². The summed E-state index contributed by atoms with van der Waals surface area (Å²) in [7, 11) is 3.23. The number of imidazole rings is 1. The average molecular weight is 448 g/mol. The van der Waals surface area contributed by atoms with E-state index in [1.54, 1.807) is 26.0 Å². The highest BCUT2D eigenvalue weighted by atomic mass is 32.2. The summed E-state index contributed by atoms with van der Waals surface area (Å²) in [6.07, 6.45) is 2.57. The molecule has 164 valence electrons. The number of methoxy groups -OCH3 is 2. The number of benzene rings is 3. The van der Waals surface area contributed by atoms with Gasteiger partial charge in [0.2, 0.25) is 5.91 Å². The first-order valence-corrected chi connectivity index (χ1v) is 11.4. The minimum absolute atomic E-state index is 0.0973. The number of rotatable bonds is 8. The Morgan fingerprint density at radius 1 is 1.00 bits per heavy atom. The number of nitrogens with zero attached hydrogens (tertiary/aromatic N) is 2. The molecule has 0 atom stereocenters. The molecule has 7 heteroatoms. The number of nitrogens with one attached hydrogen (secondary N) is 1. The molecule has 0 aliphatic heterocycles. The van der Waals surface area contributed by atoms with E-state index in [0.717, 1.165) is 33.0 Å². The fraction of sp³-hybridized carbons (Fsp3) is 0.200. The van der Waals surface area contributed by atoms with Crippen LogP contribution in [-0.2, 0) is 17.8 Å². The molecule has 0 fully saturated rings. The fourth-order valence-corrected chi connectivity index (χ4v) is 4.11. The topological polar surface area (TPSA) is 65.4 Å². The second-order valence-electron chi connectivity index (χ2n) is 7.25. The van der Waals surface area contributed by atoms with Gasteiger partial charge in [-0.15, -0.1) is 11.8 Å². The number of amides is 1.